The van der Waals surface area contributed by atoms with Gasteiger partial charge in [-0.3, -0.25) is 9.59 Å². The number of ketones is 1. The quantitative estimate of drug-likeness (QED) is 0.338. The summed E-state index contributed by atoms with van der Waals surface area (Å²) < 4.78 is 18.5. The Labute approximate surface area is 211 Å². The molecule has 0 aromatic rings. The maximum atomic E-state index is 13.4. The van der Waals surface area contributed by atoms with Crippen molar-refractivity contribution in [2.24, 2.45) is 46.3 Å². The Morgan fingerprint density at radius 1 is 1.03 bits per heavy atom. The number of aliphatic hydroxyl groups is 3. The van der Waals surface area contributed by atoms with Gasteiger partial charge in [0.05, 0.1) is 23.5 Å². The highest BCUT2D eigenvalue weighted by Crippen LogP contribution is 2.74. The van der Waals surface area contributed by atoms with Crippen LogP contribution in [0.1, 0.15) is 60.3 Å². The topological polar surface area (TPSA) is 126 Å². The number of fused-ring (bicyclic) bond motifs is 6. The van der Waals surface area contributed by atoms with Gasteiger partial charge in [-0.25, -0.2) is 0 Å². The number of esters is 1. The number of allylic oxidation sites excluding steroid dienone is 1. The third-order valence-electron chi connectivity index (χ3n) is 12.5. The molecule has 3 aliphatic heterocycles. The van der Waals surface area contributed by atoms with Crippen LogP contribution in [0.3, 0.4) is 0 Å². The minimum Gasteiger partial charge on any atom is -0.429 e. The summed E-state index contributed by atoms with van der Waals surface area (Å²) in [6.07, 6.45) is 3.37. The first-order valence-corrected chi connectivity index (χ1v) is 13.7. The molecule has 8 nitrogen and oxygen atoms in total. The standard InChI is InChI=1S/C28H38O8/c1-12-13(2)28(36-22(12)31)23(32)26(5,33)21-17(34-28)11-16-14-10-20-27(35-20)19(30)7-6-18(29)25(27,4)15(14)8-9-24(16,21)3/h6-7,12-17,19-21,23,30,32-33H,8-11H2,1-5H3/t12-,13-,14?,15?,16?,17?,19+,20-,21?,23+,24+,25+,26-,27?,28?/m1/s1. The van der Waals surface area contributed by atoms with Gasteiger partial charge in [0, 0.05) is 11.8 Å². The molecule has 4 aliphatic carbocycles. The van der Waals surface area contributed by atoms with E-state index >= 15 is 0 Å². The first-order chi connectivity index (χ1) is 16.8. The fourth-order valence-electron chi connectivity index (χ4n) is 10.5. The third kappa shape index (κ3) is 2.29. The van der Waals surface area contributed by atoms with Gasteiger partial charge in [0.2, 0.25) is 5.79 Å². The van der Waals surface area contributed by atoms with E-state index in [9.17, 15) is 24.9 Å². The molecule has 3 heterocycles. The lowest BCUT2D eigenvalue weighted by molar-refractivity contribution is -0.368. The van der Waals surface area contributed by atoms with E-state index in [2.05, 4.69) is 6.92 Å². The SMILES string of the molecule is C[C@@H]1[C@@H](C)C(=O)OC12OC1CC3C4C[C@H]5OC56[C@@H](O)C=CC(=O)[C@]6(C)C4CC[C@]3(C)C1[C@@](C)(O)[C@@H]2O. The van der Waals surface area contributed by atoms with Crippen LogP contribution in [0.25, 0.3) is 0 Å². The van der Waals surface area contributed by atoms with Crippen molar-refractivity contribution in [3.05, 3.63) is 12.2 Å². The van der Waals surface area contributed by atoms with Gasteiger partial charge in [-0.05, 0) is 74.9 Å². The van der Waals surface area contributed by atoms with E-state index in [1.807, 2.05) is 13.8 Å². The minimum atomic E-state index is -1.56. The zero-order valence-corrected chi connectivity index (χ0v) is 21.6. The van der Waals surface area contributed by atoms with E-state index < -0.39 is 52.4 Å². The lowest BCUT2D eigenvalue weighted by Crippen LogP contribution is -2.71. The Morgan fingerprint density at radius 2 is 1.75 bits per heavy atom. The summed E-state index contributed by atoms with van der Waals surface area (Å²) in [4.78, 5) is 25.9. The predicted octanol–water partition coefficient (Wildman–Crippen LogP) is 1.74. The van der Waals surface area contributed by atoms with Gasteiger partial charge in [0.25, 0.3) is 0 Å². The molecule has 0 bridgehead atoms. The maximum Gasteiger partial charge on any atom is 0.311 e. The van der Waals surface area contributed by atoms with Gasteiger partial charge in [0.15, 0.2) is 5.78 Å². The van der Waals surface area contributed by atoms with Gasteiger partial charge in [-0.2, -0.15) is 0 Å². The first-order valence-electron chi connectivity index (χ1n) is 13.7. The molecule has 7 unspecified atom stereocenters. The van der Waals surface area contributed by atoms with E-state index in [0.717, 1.165) is 19.3 Å². The van der Waals surface area contributed by atoms with E-state index in [0.29, 0.717) is 6.42 Å². The fourth-order valence-corrected chi connectivity index (χ4v) is 10.5. The van der Waals surface area contributed by atoms with Gasteiger partial charge in [-0.15, -0.1) is 0 Å². The van der Waals surface area contributed by atoms with Crippen molar-refractivity contribution in [2.75, 3.05) is 0 Å². The Kier molecular flexibility index (Phi) is 4.38. The van der Waals surface area contributed by atoms with Crippen molar-refractivity contribution in [3.63, 3.8) is 0 Å². The van der Waals surface area contributed by atoms with Crippen LogP contribution >= 0.6 is 0 Å². The number of ether oxygens (including phenoxy) is 3. The lowest BCUT2D eigenvalue weighted by atomic mass is 9.44. The van der Waals surface area contributed by atoms with Crippen LogP contribution < -0.4 is 0 Å². The van der Waals surface area contributed by atoms with Gasteiger partial charge >= 0.3 is 5.97 Å². The number of epoxide rings is 1. The Hall–Kier alpha value is -1.32. The maximum absolute atomic E-state index is 13.4. The molecular formula is C28H38O8. The zero-order valence-electron chi connectivity index (χ0n) is 21.6. The molecule has 6 fully saturated rings. The predicted molar refractivity (Wildman–Crippen MR) is 125 cm³/mol. The molecule has 198 valence electrons. The van der Waals surface area contributed by atoms with Gasteiger partial charge in [-0.1, -0.05) is 20.8 Å². The van der Waals surface area contributed by atoms with Crippen molar-refractivity contribution >= 4 is 11.8 Å². The average molecular weight is 503 g/mol. The van der Waals surface area contributed by atoms with Crippen LogP contribution in [0.2, 0.25) is 0 Å². The second-order valence-electron chi connectivity index (χ2n) is 13.6. The summed E-state index contributed by atoms with van der Waals surface area (Å²) in [5.41, 5.74) is -3.47. The van der Waals surface area contributed by atoms with Crippen LogP contribution in [-0.4, -0.2) is 68.5 Å². The molecule has 3 saturated heterocycles. The first kappa shape index (κ1) is 23.8. The Balaban J connectivity index is 1.28. The molecule has 8 heteroatoms. The molecule has 2 spiro atoms. The second kappa shape index (κ2) is 6.63. The molecule has 36 heavy (non-hydrogen) atoms. The highest BCUT2D eigenvalue weighted by atomic mass is 16.7. The fraction of sp³-hybridized carbons (Fsp3) is 0.857. The normalized spacial score (nSPS) is 64.8. The van der Waals surface area contributed by atoms with Crippen LogP contribution in [0.15, 0.2) is 12.2 Å². The molecule has 15 atom stereocenters. The van der Waals surface area contributed by atoms with Crippen molar-refractivity contribution in [3.8, 4) is 0 Å². The molecule has 7 rings (SSSR count). The van der Waals surface area contributed by atoms with E-state index in [-0.39, 0.29) is 47.1 Å². The molecule has 0 aromatic heterocycles. The minimum absolute atomic E-state index is 0.0299. The van der Waals surface area contributed by atoms with Gasteiger partial charge in [0.1, 0.15) is 23.4 Å². The molecule has 7 aliphatic rings. The molecule has 3 saturated carbocycles. The summed E-state index contributed by atoms with van der Waals surface area (Å²) in [6, 6.07) is 0. The van der Waals surface area contributed by atoms with Crippen LogP contribution in [0, 0.1) is 46.3 Å². The number of aliphatic hydroxyl groups excluding tert-OH is 2. The van der Waals surface area contributed by atoms with Crippen LogP contribution in [-0.2, 0) is 23.8 Å². The zero-order chi connectivity index (χ0) is 25.8. The molecule has 0 aromatic carbocycles. The van der Waals surface area contributed by atoms with E-state index in [4.69, 9.17) is 14.2 Å². The molecule has 0 radical (unpaired) electrons. The van der Waals surface area contributed by atoms with Crippen LogP contribution in [0.5, 0.6) is 0 Å². The van der Waals surface area contributed by atoms with Gasteiger partial charge < -0.3 is 29.5 Å². The third-order valence-corrected chi connectivity index (χ3v) is 12.5. The van der Waals surface area contributed by atoms with Crippen molar-refractivity contribution < 1.29 is 39.1 Å². The van der Waals surface area contributed by atoms with E-state index in [1.165, 1.54) is 6.08 Å². The molecule has 0 amide bonds. The highest BCUT2D eigenvalue weighted by molar-refractivity contribution is 5.98. The average Bonchev–Trinajstić information content (AvgIpc) is 3.42. The smallest absolute Gasteiger partial charge is 0.311 e. The number of hydrogen-bond acceptors (Lipinski definition) is 8. The summed E-state index contributed by atoms with van der Waals surface area (Å²) in [7, 11) is 0. The summed E-state index contributed by atoms with van der Waals surface area (Å²) in [5, 5.41) is 34.4. The summed E-state index contributed by atoms with van der Waals surface area (Å²) in [5.74, 6) is -2.78. The Bertz CT molecular complexity index is 1090. The summed E-state index contributed by atoms with van der Waals surface area (Å²) in [6.45, 7) is 9.47. The lowest BCUT2D eigenvalue weighted by Gasteiger charge is -2.60. The number of rotatable bonds is 0. The molecular weight excluding hydrogens is 464 g/mol. The molecule has 3 N–H and O–H groups in total. The summed E-state index contributed by atoms with van der Waals surface area (Å²) >= 11 is 0. The second-order valence-corrected chi connectivity index (χ2v) is 13.6. The number of carbonyl (C=O) groups excluding carboxylic acids is 2. The number of hydrogen-bond donors (Lipinski definition) is 3. The van der Waals surface area contributed by atoms with Crippen molar-refractivity contribution in [1.82, 2.24) is 0 Å². The van der Waals surface area contributed by atoms with Crippen molar-refractivity contribution in [1.29, 1.82) is 0 Å². The monoisotopic (exact) mass is 502 g/mol. The Morgan fingerprint density at radius 3 is 2.42 bits per heavy atom. The van der Waals surface area contributed by atoms with Crippen LogP contribution in [0.4, 0.5) is 0 Å². The van der Waals surface area contributed by atoms with E-state index in [1.54, 1.807) is 19.9 Å². The highest BCUT2D eigenvalue weighted by Gasteiger charge is 2.82. The largest absolute Gasteiger partial charge is 0.429 e. The van der Waals surface area contributed by atoms with Crippen molar-refractivity contribution in [2.45, 2.75) is 102 Å². The number of carbonyl (C=O) groups is 2.